The van der Waals surface area contributed by atoms with Gasteiger partial charge in [0.15, 0.2) is 6.61 Å². The molecule has 0 spiro atoms. The van der Waals surface area contributed by atoms with Crippen molar-refractivity contribution in [3.8, 4) is 5.75 Å². The van der Waals surface area contributed by atoms with Crippen LogP contribution in [0.15, 0.2) is 54.6 Å². The molecule has 1 saturated heterocycles. The maximum absolute atomic E-state index is 11.0. The summed E-state index contributed by atoms with van der Waals surface area (Å²) >= 11 is 0. The number of carbonyl (C=O) groups excluding carboxylic acids is 1. The lowest BCUT2D eigenvalue weighted by Gasteiger charge is -2.32. The number of amides is 1. The fourth-order valence-corrected chi connectivity index (χ4v) is 3.88. The van der Waals surface area contributed by atoms with Crippen molar-refractivity contribution in [2.75, 3.05) is 19.7 Å². The summed E-state index contributed by atoms with van der Waals surface area (Å²) in [6.45, 7) is 6.54. The Morgan fingerprint density at radius 1 is 1.19 bits per heavy atom. The Morgan fingerprint density at radius 2 is 1.96 bits per heavy atom. The number of hydrogen-bond donors (Lipinski definition) is 1. The van der Waals surface area contributed by atoms with E-state index in [2.05, 4.69) is 61.2 Å². The molecule has 2 aromatic rings. The van der Waals surface area contributed by atoms with Crippen LogP contribution in [-0.4, -0.2) is 36.5 Å². The normalized spacial score (nSPS) is 20.4. The molecule has 0 bridgehead atoms. The van der Waals surface area contributed by atoms with Crippen LogP contribution in [0.4, 0.5) is 0 Å². The number of carbonyl (C=O) groups is 1. The molecule has 0 saturated carbocycles. The summed E-state index contributed by atoms with van der Waals surface area (Å²) in [7, 11) is 0. The van der Waals surface area contributed by atoms with Crippen LogP contribution >= 0.6 is 0 Å². The van der Waals surface area contributed by atoms with Gasteiger partial charge in [0.2, 0.25) is 0 Å². The van der Waals surface area contributed by atoms with E-state index in [-0.39, 0.29) is 12.0 Å². The highest BCUT2D eigenvalue weighted by Crippen LogP contribution is 2.39. The summed E-state index contributed by atoms with van der Waals surface area (Å²) < 4.78 is 5.55. The Labute approximate surface area is 156 Å². The summed E-state index contributed by atoms with van der Waals surface area (Å²) in [4.78, 5) is 13.6. The Kier molecular flexibility index (Phi) is 5.62. The zero-order valence-electron chi connectivity index (χ0n) is 15.7. The van der Waals surface area contributed by atoms with E-state index in [9.17, 15) is 4.79 Å². The summed E-state index contributed by atoms with van der Waals surface area (Å²) in [5.74, 6) is 0.248. The van der Waals surface area contributed by atoms with E-state index in [1.54, 1.807) is 0 Å². The highest BCUT2D eigenvalue weighted by atomic mass is 16.5. The fourth-order valence-electron chi connectivity index (χ4n) is 3.88. The van der Waals surface area contributed by atoms with Crippen molar-refractivity contribution >= 4 is 5.91 Å². The summed E-state index contributed by atoms with van der Waals surface area (Å²) in [6.07, 6.45) is 2.11. The van der Waals surface area contributed by atoms with Crippen molar-refractivity contribution in [1.82, 2.24) is 4.90 Å². The monoisotopic (exact) mass is 352 g/mol. The first-order chi connectivity index (χ1) is 12.5. The van der Waals surface area contributed by atoms with Crippen molar-refractivity contribution in [2.24, 2.45) is 5.73 Å². The molecule has 3 rings (SSSR count). The second-order valence-corrected chi connectivity index (χ2v) is 7.54. The molecule has 1 atom stereocenters. The van der Waals surface area contributed by atoms with Gasteiger partial charge in [0.1, 0.15) is 5.75 Å². The molecular weight excluding hydrogens is 324 g/mol. The molecule has 1 aliphatic rings. The Hall–Kier alpha value is -2.33. The van der Waals surface area contributed by atoms with E-state index in [1.807, 2.05) is 12.1 Å². The number of benzene rings is 2. The molecule has 138 valence electrons. The lowest BCUT2D eigenvalue weighted by molar-refractivity contribution is -0.119. The van der Waals surface area contributed by atoms with Gasteiger partial charge in [-0.25, -0.2) is 0 Å². The smallest absolute Gasteiger partial charge is 0.255 e. The lowest BCUT2D eigenvalue weighted by Crippen LogP contribution is -2.36. The minimum atomic E-state index is -0.457. The molecule has 1 heterocycles. The highest BCUT2D eigenvalue weighted by molar-refractivity contribution is 5.75. The number of rotatable bonds is 7. The quantitative estimate of drug-likeness (QED) is 0.833. The predicted molar refractivity (Wildman–Crippen MR) is 104 cm³/mol. The largest absolute Gasteiger partial charge is 0.484 e. The van der Waals surface area contributed by atoms with Crippen LogP contribution in [0.2, 0.25) is 0 Å². The summed E-state index contributed by atoms with van der Waals surface area (Å²) in [5, 5.41) is 0. The van der Waals surface area contributed by atoms with Gasteiger partial charge in [-0.1, -0.05) is 42.5 Å². The van der Waals surface area contributed by atoms with Gasteiger partial charge >= 0.3 is 0 Å². The predicted octanol–water partition coefficient (Wildman–Crippen LogP) is 3.15. The second-order valence-electron chi connectivity index (χ2n) is 7.54. The first-order valence-electron chi connectivity index (χ1n) is 9.28. The van der Waals surface area contributed by atoms with Crippen molar-refractivity contribution in [3.05, 3.63) is 65.7 Å². The molecule has 0 aliphatic carbocycles. The molecule has 0 radical (unpaired) electrons. The molecule has 4 heteroatoms. The Bertz CT molecular complexity index is 745. The molecular formula is C22H28N2O2. The number of nitrogens with two attached hydrogens (primary N) is 1. The number of likely N-dealkylation sites (tertiary alicyclic amines) is 1. The van der Waals surface area contributed by atoms with Crippen molar-refractivity contribution < 1.29 is 9.53 Å². The molecule has 1 aliphatic heterocycles. The van der Waals surface area contributed by atoms with Crippen LogP contribution in [0, 0.1) is 0 Å². The van der Waals surface area contributed by atoms with E-state index in [1.165, 1.54) is 11.1 Å². The lowest BCUT2D eigenvalue weighted by atomic mass is 9.75. The average Bonchev–Trinajstić information content (AvgIpc) is 3.07. The van der Waals surface area contributed by atoms with Gasteiger partial charge in [-0.3, -0.25) is 4.79 Å². The number of nitrogens with zero attached hydrogens (tertiary/aromatic N) is 1. The first kappa shape index (κ1) is 18.5. The van der Waals surface area contributed by atoms with Crippen LogP contribution in [0.5, 0.6) is 5.75 Å². The van der Waals surface area contributed by atoms with Gasteiger partial charge in [-0.05, 0) is 56.5 Å². The molecule has 1 fully saturated rings. The summed E-state index contributed by atoms with van der Waals surface area (Å²) in [6, 6.07) is 19.4. The van der Waals surface area contributed by atoms with Crippen molar-refractivity contribution in [1.29, 1.82) is 0 Å². The zero-order valence-corrected chi connectivity index (χ0v) is 15.7. The first-order valence-corrected chi connectivity index (χ1v) is 9.28. The van der Waals surface area contributed by atoms with Crippen molar-refractivity contribution in [2.45, 2.75) is 38.1 Å². The van der Waals surface area contributed by atoms with Gasteiger partial charge in [-0.2, -0.15) is 0 Å². The molecule has 4 nitrogen and oxygen atoms in total. The third kappa shape index (κ3) is 4.25. The Morgan fingerprint density at radius 3 is 2.62 bits per heavy atom. The molecule has 2 N–H and O–H groups in total. The summed E-state index contributed by atoms with van der Waals surface area (Å²) in [5.41, 5.74) is 7.88. The van der Waals surface area contributed by atoms with E-state index in [4.69, 9.17) is 10.5 Å². The average molecular weight is 352 g/mol. The maximum atomic E-state index is 11.0. The minimum Gasteiger partial charge on any atom is -0.484 e. The van der Waals surface area contributed by atoms with Crippen LogP contribution in [0.25, 0.3) is 0 Å². The van der Waals surface area contributed by atoms with E-state index < -0.39 is 5.91 Å². The molecule has 1 unspecified atom stereocenters. The van der Waals surface area contributed by atoms with Gasteiger partial charge < -0.3 is 15.4 Å². The fraction of sp³-hybridized carbons (Fsp3) is 0.409. The van der Waals surface area contributed by atoms with Gasteiger partial charge in [0.25, 0.3) is 5.91 Å². The molecule has 0 aromatic heterocycles. The standard InChI is InChI=1S/C22H28N2O2/c1-17(2)24-12-11-22(16-24,14-18-7-4-3-5-8-18)19-9-6-10-20(13-19)26-15-21(23)25/h3-10,13,17H,11-12,14-16H2,1-2H3,(H2,23,25). The third-order valence-corrected chi connectivity index (χ3v) is 5.33. The van der Waals surface area contributed by atoms with Crippen LogP contribution in [0.3, 0.4) is 0 Å². The van der Waals surface area contributed by atoms with Crippen LogP contribution < -0.4 is 10.5 Å². The number of hydrogen-bond acceptors (Lipinski definition) is 3. The second kappa shape index (κ2) is 7.92. The van der Waals surface area contributed by atoms with Gasteiger partial charge in [0.05, 0.1) is 0 Å². The van der Waals surface area contributed by atoms with E-state index in [0.29, 0.717) is 11.8 Å². The zero-order chi connectivity index (χ0) is 18.6. The van der Waals surface area contributed by atoms with Crippen molar-refractivity contribution in [3.63, 3.8) is 0 Å². The van der Waals surface area contributed by atoms with Crippen LogP contribution in [0.1, 0.15) is 31.4 Å². The third-order valence-electron chi connectivity index (χ3n) is 5.33. The Balaban J connectivity index is 1.91. The minimum absolute atomic E-state index is 0.0533. The highest BCUT2D eigenvalue weighted by Gasteiger charge is 2.40. The molecule has 2 aromatic carbocycles. The molecule has 26 heavy (non-hydrogen) atoms. The van der Waals surface area contributed by atoms with Gasteiger partial charge in [-0.15, -0.1) is 0 Å². The van der Waals surface area contributed by atoms with E-state index in [0.717, 1.165) is 25.9 Å². The maximum Gasteiger partial charge on any atom is 0.255 e. The number of ether oxygens (including phenoxy) is 1. The molecule has 1 amide bonds. The number of primary amides is 1. The topological polar surface area (TPSA) is 55.6 Å². The van der Waals surface area contributed by atoms with Crippen LogP contribution in [-0.2, 0) is 16.6 Å². The SMILES string of the molecule is CC(C)N1CCC(Cc2ccccc2)(c2cccc(OCC(N)=O)c2)C1. The van der Waals surface area contributed by atoms with Gasteiger partial charge in [0, 0.05) is 18.0 Å². The van der Waals surface area contributed by atoms with E-state index >= 15 is 0 Å².